The first-order valence-electron chi connectivity index (χ1n) is 4.86. The summed E-state index contributed by atoms with van der Waals surface area (Å²) >= 11 is 0. The van der Waals surface area contributed by atoms with Gasteiger partial charge in [-0.1, -0.05) is 0 Å². The molecule has 0 spiro atoms. The standard InChI is InChI=1S/C10H18F2O3/c1-7(14-9(11)12)5-6-8(13)15-10(2,3)4/h7,9H,5-6H2,1-4H3. The van der Waals surface area contributed by atoms with E-state index >= 15 is 0 Å². The van der Waals surface area contributed by atoms with E-state index in [1.165, 1.54) is 6.92 Å². The summed E-state index contributed by atoms with van der Waals surface area (Å²) in [7, 11) is 0. The lowest BCUT2D eigenvalue weighted by molar-refractivity contribution is -0.167. The van der Waals surface area contributed by atoms with Crippen LogP contribution in [0.15, 0.2) is 0 Å². The molecule has 5 heteroatoms. The number of halogens is 2. The fraction of sp³-hybridized carbons (Fsp3) is 0.900. The zero-order valence-corrected chi connectivity index (χ0v) is 9.55. The highest BCUT2D eigenvalue weighted by Gasteiger charge is 2.17. The second-order valence-corrected chi connectivity index (χ2v) is 4.33. The zero-order chi connectivity index (χ0) is 12.1. The van der Waals surface area contributed by atoms with Crippen molar-refractivity contribution in [2.75, 3.05) is 0 Å². The van der Waals surface area contributed by atoms with E-state index in [4.69, 9.17) is 4.74 Å². The Morgan fingerprint density at radius 3 is 2.27 bits per heavy atom. The number of ether oxygens (including phenoxy) is 2. The molecule has 1 unspecified atom stereocenters. The molecule has 0 aliphatic heterocycles. The van der Waals surface area contributed by atoms with Gasteiger partial charge in [0.05, 0.1) is 6.10 Å². The molecule has 15 heavy (non-hydrogen) atoms. The Hall–Kier alpha value is -0.710. The molecule has 0 radical (unpaired) electrons. The number of carbonyl (C=O) groups excluding carboxylic acids is 1. The Balaban J connectivity index is 3.72. The summed E-state index contributed by atoms with van der Waals surface area (Å²) in [5.74, 6) is -0.396. The first-order chi connectivity index (χ1) is 6.70. The Labute approximate surface area is 88.7 Å². The molecule has 0 amide bonds. The normalized spacial score (nSPS) is 14.1. The third-order valence-electron chi connectivity index (χ3n) is 1.51. The van der Waals surface area contributed by atoms with Crippen LogP contribution >= 0.6 is 0 Å². The summed E-state index contributed by atoms with van der Waals surface area (Å²) in [5.41, 5.74) is -0.538. The molecule has 0 fully saturated rings. The van der Waals surface area contributed by atoms with Crippen LogP contribution in [0.25, 0.3) is 0 Å². The van der Waals surface area contributed by atoms with E-state index in [9.17, 15) is 13.6 Å². The smallest absolute Gasteiger partial charge is 0.345 e. The molecule has 0 saturated carbocycles. The van der Waals surface area contributed by atoms with Crippen molar-refractivity contribution >= 4 is 5.97 Å². The van der Waals surface area contributed by atoms with Gasteiger partial charge in [-0.15, -0.1) is 0 Å². The number of hydrogen-bond acceptors (Lipinski definition) is 3. The highest BCUT2D eigenvalue weighted by atomic mass is 19.3. The summed E-state index contributed by atoms with van der Waals surface area (Å²) < 4.78 is 32.7. The van der Waals surface area contributed by atoms with Crippen LogP contribution in [-0.4, -0.2) is 24.3 Å². The quantitative estimate of drug-likeness (QED) is 0.673. The Bertz CT molecular complexity index is 199. The first kappa shape index (κ1) is 14.3. The third kappa shape index (κ3) is 9.59. The van der Waals surface area contributed by atoms with E-state index in [1.54, 1.807) is 20.8 Å². The minimum atomic E-state index is -2.79. The molecule has 0 bridgehead atoms. The maximum absolute atomic E-state index is 11.7. The molecule has 1 atom stereocenters. The Kier molecular flexibility index (Phi) is 5.72. The summed E-state index contributed by atoms with van der Waals surface area (Å²) in [6, 6.07) is 0. The van der Waals surface area contributed by atoms with Gasteiger partial charge in [0.2, 0.25) is 0 Å². The summed E-state index contributed by atoms with van der Waals surface area (Å²) in [6.07, 6.45) is -0.317. The molecule has 0 aromatic heterocycles. The van der Waals surface area contributed by atoms with E-state index in [2.05, 4.69) is 4.74 Å². The lowest BCUT2D eigenvalue weighted by Crippen LogP contribution is -2.24. The van der Waals surface area contributed by atoms with E-state index in [0.29, 0.717) is 0 Å². The van der Waals surface area contributed by atoms with Crippen molar-refractivity contribution in [1.82, 2.24) is 0 Å². The van der Waals surface area contributed by atoms with Crippen LogP contribution in [0.3, 0.4) is 0 Å². The lowest BCUT2D eigenvalue weighted by Gasteiger charge is -2.20. The minimum Gasteiger partial charge on any atom is -0.460 e. The van der Waals surface area contributed by atoms with Crippen LogP contribution in [0.4, 0.5) is 8.78 Å². The average Bonchev–Trinajstić information content (AvgIpc) is 1.96. The summed E-state index contributed by atoms with van der Waals surface area (Å²) in [5, 5.41) is 0. The van der Waals surface area contributed by atoms with Crippen LogP contribution < -0.4 is 0 Å². The van der Waals surface area contributed by atoms with E-state index in [0.717, 1.165) is 0 Å². The predicted octanol–water partition coefficient (Wildman–Crippen LogP) is 2.74. The highest BCUT2D eigenvalue weighted by Crippen LogP contribution is 2.12. The third-order valence-corrected chi connectivity index (χ3v) is 1.51. The molecular weight excluding hydrogens is 206 g/mol. The molecule has 0 saturated heterocycles. The molecule has 0 aliphatic carbocycles. The van der Waals surface area contributed by atoms with Crippen molar-refractivity contribution < 1.29 is 23.0 Å². The first-order valence-corrected chi connectivity index (χ1v) is 4.86. The Morgan fingerprint density at radius 2 is 1.87 bits per heavy atom. The molecular formula is C10H18F2O3. The van der Waals surface area contributed by atoms with Crippen molar-refractivity contribution in [3.8, 4) is 0 Å². The predicted molar refractivity (Wildman–Crippen MR) is 51.6 cm³/mol. The number of carbonyl (C=O) groups is 1. The van der Waals surface area contributed by atoms with Crippen molar-refractivity contribution in [3.63, 3.8) is 0 Å². The minimum absolute atomic E-state index is 0.0884. The van der Waals surface area contributed by atoms with Crippen molar-refractivity contribution in [3.05, 3.63) is 0 Å². The largest absolute Gasteiger partial charge is 0.460 e. The second-order valence-electron chi connectivity index (χ2n) is 4.33. The van der Waals surface area contributed by atoms with Crippen LogP contribution in [-0.2, 0) is 14.3 Å². The summed E-state index contributed by atoms with van der Waals surface area (Å²) in [6.45, 7) is 3.97. The maximum Gasteiger partial charge on any atom is 0.345 e. The number of esters is 1. The van der Waals surface area contributed by atoms with Crippen LogP contribution in [0.5, 0.6) is 0 Å². The van der Waals surface area contributed by atoms with Gasteiger partial charge in [0.15, 0.2) is 0 Å². The van der Waals surface area contributed by atoms with Crippen molar-refractivity contribution in [2.24, 2.45) is 0 Å². The van der Waals surface area contributed by atoms with Gasteiger partial charge in [-0.3, -0.25) is 4.79 Å². The lowest BCUT2D eigenvalue weighted by atomic mass is 10.2. The Morgan fingerprint density at radius 1 is 1.33 bits per heavy atom. The maximum atomic E-state index is 11.7. The molecule has 0 aromatic carbocycles. The van der Waals surface area contributed by atoms with Gasteiger partial charge in [-0.2, -0.15) is 8.78 Å². The van der Waals surface area contributed by atoms with Gasteiger partial charge in [-0.25, -0.2) is 0 Å². The van der Waals surface area contributed by atoms with Crippen LogP contribution in [0.1, 0.15) is 40.5 Å². The highest BCUT2D eigenvalue weighted by molar-refractivity contribution is 5.69. The average molecular weight is 224 g/mol. The van der Waals surface area contributed by atoms with Gasteiger partial charge in [0.1, 0.15) is 5.60 Å². The molecule has 0 rings (SSSR count). The molecule has 90 valence electrons. The topological polar surface area (TPSA) is 35.5 Å². The SMILES string of the molecule is CC(CCC(=O)OC(C)(C)C)OC(F)F. The van der Waals surface area contributed by atoms with E-state index in [1.807, 2.05) is 0 Å². The van der Waals surface area contributed by atoms with Crippen LogP contribution in [0, 0.1) is 0 Å². The van der Waals surface area contributed by atoms with Crippen molar-refractivity contribution in [1.29, 1.82) is 0 Å². The van der Waals surface area contributed by atoms with Gasteiger partial charge in [0, 0.05) is 6.42 Å². The molecule has 0 aromatic rings. The zero-order valence-electron chi connectivity index (χ0n) is 9.55. The van der Waals surface area contributed by atoms with Gasteiger partial charge in [0.25, 0.3) is 0 Å². The van der Waals surface area contributed by atoms with E-state index in [-0.39, 0.29) is 12.8 Å². The molecule has 0 aliphatic rings. The summed E-state index contributed by atoms with van der Waals surface area (Å²) in [4.78, 5) is 11.2. The van der Waals surface area contributed by atoms with Gasteiger partial charge < -0.3 is 9.47 Å². The molecule has 0 heterocycles. The number of alkyl halides is 2. The van der Waals surface area contributed by atoms with Gasteiger partial charge in [-0.05, 0) is 34.1 Å². The molecule has 3 nitrogen and oxygen atoms in total. The number of rotatable bonds is 5. The van der Waals surface area contributed by atoms with Gasteiger partial charge >= 0.3 is 12.6 Å². The fourth-order valence-corrected chi connectivity index (χ4v) is 0.957. The second kappa shape index (κ2) is 6.00. The monoisotopic (exact) mass is 224 g/mol. The van der Waals surface area contributed by atoms with Crippen molar-refractivity contribution in [2.45, 2.75) is 58.9 Å². The fourth-order valence-electron chi connectivity index (χ4n) is 0.957. The van der Waals surface area contributed by atoms with Crippen LogP contribution in [0.2, 0.25) is 0 Å². The number of hydrogen-bond donors (Lipinski definition) is 0. The molecule has 0 N–H and O–H groups in total. The van der Waals surface area contributed by atoms with E-state index < -0.39 is 24.3 Å².